The molecule has 18 heavy (non-hydrogen) atoms. The number of nitriles is 1. The Bertz CT molecular complexity index is 585. The average Bonchev–Trinajstić information content (AvgIpc) is 2.47. The summed E-state index contributed by atoms with van der Waals surface area (Å²) in [4.78, 5) is 17.6. The van der Waals surface area contributed by atoms with E-state index in [0.29, 0.717) is 11.3 Å². The molecule has 0 atom stereocenters. The van der Waals surface area contributed by atoms with Gasteiger partial charge in [-0.15, -0.1) is 0 Å². The molecule has 0 bridgehead atoms. The fourth-order valence-corrected chi connectivity index (χ4v) is 1.55. The Hall–Kier alpha value is -2.67. The molecular formula is C14H11N3O. The number of hydrogen-bond acceptors (Lipinski definition) is 3. The molecule has 1 aromatic heterocycles. The molecule has 0 aliphatic rings. The van der Waals surface area contributed by atoms with Crippen molar-refractivity contribution in [1.29, 1.82) is 5.26 Å². The van der Waals surface area contributed by atoms with Gasteiger partial charge in [-0.25, -0.2) is 4.98 Å². The van der Waals surface area contributed by atoms with Gasteiger partial charge in [0.15, 0.2) is 0 Å². The second-order valence-corrected chi connectivity index (χ2v) is 3.74. The van der Waals surface area contributed by atoms with Gasteiger partial charge in [-0.05, 0) is 24.3 Å². The van der Waals surface area contributed by atoms with Crippen molar-refractivity contribution >= 4 is 11.6 Å². The van der Waals surface area contributed by atoms with Crippen LogP contribution in [-0.2, 0) is 0 Å². The molecule has 0 aliphatic carbocycles. The van der Waals surface area contributed by atoms with Crippen LogP contribution in [0.1, 0.15) is 16.1 Å². The lowest BCUT2D eigenvalue weighted by Crippen LogP contribution is -2.26. The van der Waals surface area contributed by atoms with Gasteiger partial charge >= 0.3 is 0 Å². The van der Waals surface area contributed by atoms with Gasteiger partial charge in [-0.1, -0.05) is 18.2 Å². The van der Waals surface area contributed by atoms with Crippen LogP contribution in [0.25, 0.3) is 0 Å². The smallest absolute Gasteiger partial charge is 0.259 e. The second kappa shape index (κ2) is 5.11. The molecule has 0 aliphatic heterocycles. The Morgan fingerprint density at radius 1 is 1.22 bits per heavy atom. The summed E-state index contributed by atoms with van der Waals surface area (Å²) in [6.07, 6.45) is 1.42. The number of aromatic nitrogens is 1. The Balaban J connectivity index is 2.23. The number of amides is 1. The van der Waals surface area contributed by atoms with Gasteiger partial charge in [-0.2, -0.15) is 5.26 Å². The number of carbonyl (C=O) groups excluding carboxylic acids is 1. The van der Waals surface area contributed by atoms with Crippen LogP contribution in [0.3, 0.4) is 0 Å². The summed E-state index contributed by atoms with van der Waals surface area (Å²) in [7, 11) is 1.70. The van der Waals surface area contributed by atoms with E-state index < -0.39 is 0 Å². The Morgan fingerprint density at radius 3 is 2.50 bits per heavy atom. The summed E-state index contributed by atoms with van der Waals surface area (Å²) in [5, 5.41) is 8.65. The van der Waals surface area contributed by atoms with E-state index in [1.807, 2.05) is 36.4 Å². The maximum Gasteiger partial charge on any atom is 0.259 e. The van der Waals surface area contributed by atoms with Gasteiger partial charge in [0.1, 0.15) is 11.8 Å². The van der Waals surface area contributed by atoms with Crippen molar-refractivity contribution in [2.24, 2.45) is 0 Å². The zero-order chi connectivity index (χ0) is 13.0. The van der Waals surface area contributed by atoms with E-state index in [9.17, 15) is 4.79 Å². The van der Waals surface area contributed by atoms with Gasteiger partial charge in [-0.3, -0.25) is 4.79 Å². The molecule has 0 fully saturated rings. The van der Waals surface area contributed by atoms with E-state index in [4.69, 9.17) is 5.26 Å². The molecule has 0 spiro atoms. The van der Waals surface area contributed by atoms with Crippen LogP contribution in [0, 0.1) is 11.3 Å². The van der Waals surface area contributed by atoms with E-state index in [-0.39, 0.29) is 5.91 Å². The molecule has 1 aromatic carbocycles. The van der Waals surface area contributed by atoms with Gasteiger partial charge < -0.3 is 4.90 Å². The third kappa shape index (κ3) is 2.36. The lowest BCUT2D eigenvalue weighted by molar-refractivity contribution is 0.0992. The highest BCUT2D eigenvalue weighted by molar-refractivity contribution is 6.05. The van der Waals surface area contributed by atoms with Crippen molar-refractivity contribution in [1.82, 2.24) is 4.98 Å². The quantitative estimate of drug-likeness (QED) is 0.804. The number of para-hydroxylation sites is 1. The number of pyridine rings is 1. The molecule has 0 saturated carbocycles. The van der Waals surface area contributed by atoms with Gasteiger partial charge in [0, 0.05) is 18.9 Å². The fourth-order valence-electron chi connectivity index (χ4n) is 1.55. The monoisotopic (exact) mass is 237 g/mol. The number of anilines is 1. The minimum absolute atomic E-state index is 0.154. The summed E-state index contributed by atoms with van der Waals surface area (Å²) in [6.45, 7) is 0. The van der Waals surface area contributed by atoms with E-state index >= 15 is 0 Å². The van der Waals surface area contributed by atoms with E-state index in [1.54, 1.807) is 18.0 Å². The van der Waals surface area contributed by atoms with Gasteiger partial charge in [0.2, 0.25) is 0 Å². The highest BCUT2D eigenvalue weighted by Crippen LogP contribution is 2.14. The van der Waals surface area contributed by atoms with Gasteiger partial charge in [0.25, 0.3) is 5.91 Å². The second-order valence-electron chi connectivity index (χ2n) is 3.74. The topological polar surface area (TPSA) is 57.0 Å². The van der Waals surface area contributed by atoms with Crippen LogP contribution in [0.4, 0.5) is 5.69 Å². The van der Waals surface area contributed by atoms with Crippen LogP contribution in [-0.4, -0.2) is 17.9 Å². The molecule has 0 saturated heterocycles. The van der Waals surface area contributed by atoms with Crippen molar-refractivity contribution in [3.63, 3.8) is 0 Å². The van der Waals surface area contributed by atoms with Crippen LogP contribution >= 0.6 is 0 Å². The summed E-state index contributed by atoms with van der Waals surface area (Å²) < 4.78 is 0. The predicted molar refractivity (Wildman–Crippen MR) is 68.1 cm³/mol. The lowest BCUT2D eigenvalue weighted by atomic mass is 10.2. The van der Waals surface area contributed by atoms with Gasteiger partial charge in [0.05, 0.1) is 5.56 Å². The first-order valence-electron chi connectivity index (χ1n) is 5.41. The molecule has 0 unspecified atom stereocenters. The minimum atomic E-state index is -0.154. The normalized spacial score (nSPS) is 9.56. The molecule has 1 amide bonds. The van der Waals surface area contributed by atoms with Crippen molar-refractivity contribution in [2.45, 2.75) is 0 Å². The Labute approximate surface area is 105 Å². The highest BCUT2D eigenvalue weighted by atomic mass is 16.2. The first kappa shape index (κ1) is 11.8. The molecule has 1 heterocycles. The van der Waals surface area contributed by atoms with Crippen LogP contribution in [0.15, 0.2) is 48.7 Å². The Morgan fingerprint density at radius 2 is 1.94 bits per heavy atom. The Kier molecular flexibility index (Phi) is 3.35. The summed E-state index contributed by atoms with van der Waals surface area (Å²) in [5.41, 5.74) is 1.57. The van der Waals surface area contributed by atoms with E-state index in [2.05, 4.69) is 4.98 Å². The fraction of sp³-hybridized carbons (Fsp3) is 0.0714. The van der Waals surface area contributed by atoms with Crippen LogP contribution < -0.4 is 4.90 Å². The number of hydrogen-bond donors (Lipinski definition) is 0. The minimum Gasteiger partial charge on any atom is -0.311 e. The third-order valence-electron chi connectivity index (χ3n) is 2.57. The number of nitrogens with zero attached hydrogens (tertiary/aromatic N) is 3. The first-order valence-corrected chi connectivity index (χ1v) is 5.41. The van der Waals surface area contributed by atoms with Crippen molar-refractivity contribution < 1.29 is 4.79 Å². The average molecular weight is 237 g/mol. The van der Waals surface area contributed by atoms with Crippen LogP contribution in [0.2, 0.25) is 0 Å². The number of carbonyl (C=O) groups is 1. The molecule has 4 nitrogen and oxygen atoms in total. The summed E-state index contributed by atoms with van der Waals surface area (Å²) in [6, 6.07) is 14.4. The molecular weight excluding hydrogens is 226 g/mol. The molecule has 88 valence electrons. The maximum absolute atomic E-state index is 12.1. The standard InChI is InChI=1S/C14H11N3O/c1-17(13-5-3-2-4-6-13)14(18)11-7-8-12(9-15)16-10-11/h2-8,10H,1H3. The van der Waals surface area contributed by atoms with Crippen LogP contribution in [0.5, 0.6) is 0 Å². The molecule has 0 radical (unpaired) electrons. The molecule has 0 N–H and O–H groups in total. The molecule has 4 heteroatoms. The zero-order valence-electron chi connectivity index (χ0n) is 9.87. The third-order valence-corrected chi connectivity index (χ3v) is 2.57. The molecule has 2 aromatic rings. The predicted octanol–water partition coefficient (Wildman–Crippen LogP) is 2.23. The maximum atomic E-state index is 12.1. The first-order chi connectivity index (χ1) is 8.72. The van der Waals surface area contributed by atoms with Crippen molar-refractivity contribution in [3.05, 3.63) is 59.9 Å². The zero-order valence-corrected chi connectivity index (χ0v) is 9.87. The van der Waals surface area contributed by atoms with E-state index in [1.165, 1.54) is 12.3 Å². The van der Waals surface area contributed by atoms with E-state index in [0.717, 1.165) is 5.69 Å². The SMILES string of the molecule is CN(C(=O)c1ccc(C#N)nc1)c1ccccc1. The van der Waals surface area contributed by atoms with Crippen molar-refractivity contribution in [2.75, 3.05) is 11.9 Å². The summed E-state index contributed by atoms with van der Waals surface area (Å²) >= 11 is 0. The van der Waals surface area contributed by atoms with Crippen molar-refractivity contribution in [3.8, 4) is 6.07 Å². The number of benzene rings is 1. The largest absolute Gasteiger partial charge is 0.311 e. The highest BCUT2D eigenvalue weighted by Gasteiger charge is 2.13. The number of rotatable bonds is 2. The lowest BCUT2D eigenvalue weighted by Gasteiger charge is -2.16. The molecule has 2 rings (SSSR count). The summed E-state index contributed by atoms with van der Waals surface area (Å²) in [5.74, 6) is -0.154.